The molecule has 0 spiro atoms. The smallest absolute Gasteiger partial charge is 0.221 e. The van der Waals surface area contributed by atoms with E-state index in [1.54, 1.807) is 25.1 Å². The first-order chi connectivity index (χ1) is 8.71. The van der Waals surface area contributed by atoms with Gasteiger partial charge in [0.1, 0.15) is 5.15 Å². The molecule has 1 heterocycles. The van der Waals surface area contributed by atoms with Gasteiger partial charge in [0.05, 0.1) is 5.69 Å². The fourth-order valence-electron chi connectivity index (χ4n) is 1.76. The van der Waals surface area contributed by atoms with Crippen LogP contribution in [0.15, 0.2) is 22.7 Å². The number of benzene rings is 1. The molecule has 0 amide bonds. The lowest BCUT2D eigenvalue weighted by atomic mass is 10.2. The van der Waals surface area contributed by atoms with Crippen molar-refractivity contribution in [2.75, 3.05) is 0 Å². The van der Waals surface area contributed by atoms with Crippen molar-refractivity contribution in [2.45, 2.75) is 20.0 Å². The number of rotatable bonds is 1. The van der Waals surface area contributed by atoms with Crippen LogP contribution in [0.2, 0.25) is 5.15 Å². The maximum Gasteiger partial charge on any atom is 0.435 e. The van der Waals surface area contributed by atoms with E-state index in [1.165, 1.54) is 6.92 Å². The van der Waals surface area contributed by atoms with Crippen LogP contribution in [0.25, 0.3) is 5.69 Å². The van der Waals surface area contributed by atoms with Gasteiger partial charge in [0, 0.05) is 10.0 Å². The summed E-state index contributed by atoms with van der Waals surface area (Å²) in [4.78, 5) is 0. The Morgan fingerprint density at radius 1 is 1.26 bits per heavy atom. The second-order valence-corrected chi connectivity index (χ2v) is 5.38. The quantitative estimate of drug-likeness (QED) is 0.711. The first-order valence-electron chi connectivity index (χ1n) is 5.30. The van der Waals surface area contributed by atoms with E-state index in [4.69, 9.17) is 11.6 Å². The summed E-state index contributed by atoms with van der Waals surface area (Å²) >= 11 is 9.25. The molecule has 19 heavy (non-hydrogen) atoms. The van der Waals surface area contributed by atoms with E-state index >= 15 is 0 Å². The second kappa shape index (κ2) is 4.83. The standard InChI is InChI=1S/C12H9BrClF3N2/c1-6-5-8(13)3-4-9(6)19-11(14)7(2)10(18-19)12(15,16)17/h3-5H,1-2H3. The van der Waals surface area contributed by atoms with Crippen molar-refractivity contribution in [2.24, 2.45) is 0 Å². The molecule has 2 rings (SSSR count). The van der Waals surface area contributed by atoms with Gasteiger partial charge in [0.2, 0.25) is 0 Å². The fraction of sp³-hybridized carbons (Fsp3) is 0.250. The van der Waals surface area contributed by atoms with Gasteiger partial charge >= 0.3 is 6.18 Å². The van der Waals surface area contributed by atoms with Crippen molar-refractivity contribution in [1.29, 1.82) is 0 Å². The molecule has 0 unspecified atom stereocenters. The van der Waals surface area contributed by atoms with E-state index in [-0.39, 0.29) is 10.7 Å². The summed E-state index contributed by atoms with van der Waals surface area (Å²) in [6.45, 7) is 3.09. The average Bonchev–Trinajstić information content (AvgIpc) is 2.56. The van der Waals surface area contributed by atoms with Crippen LogP contribution >= 0.6 is 27.5 Å². The molecule has 2 aromatic rings. The van der Waals surface area contributed by atoms with Gasteiger partial charge < -0.3 is 0 Å². The highest BCUT2D eigenvalue weighted by molar-refractivity contribution is 9.10. The summed E-state index contributed by atoms with van der Waals surface area (Å²) in [6, 6.07) is 5.18. The van der Waals surface area contributed by atoms with Crippen LogP contribution in [-0.2, 0) is 6.18 Å². The van der Waals surface area contributed by atoms with Crippen molar-refractivity contribution in [3.63, 3.8) is 0 Å². The number of nitrogens with zero attached hydrogens (tertiary/aromatic N) is 2. The highest BCUT2D eigenvalue weighted by Crippen LogP contribution is 2.35. The molecule has 2 nitrogen and oxygen atoms in total. The monoisotopic (exact) mass is 352 g/mol. The third-order valence-electron chi connectivity index (χ3n) is 2.71. The first-order valence-corrected chi connectivity index (χ1v) is 6.47. The topological polar surface area (TPSA) is 17.8 Å². The lowest BCUT2D eigenvalue weighted by molar-refractivity contribution is -0.141. The van der Waals surface area contributed by atoms with E-state index in [0.29, 0.717) is 5.69 Å². The Morgan fingerprint density at radius 3 is 2.37 bits per heavy atom. The van der Waals surface area contributed by atoms with Crippen LogP contribution in [0.5, 0.6) is 0 Å². The summed E-state index contributed by atoms with van der Waals surface area (Å²) < 4.78 is 40.3. The van der Waals surface area contributed by atoms with Gasteiger partial charge in [0.15, 0.2) is 5.69 Å². The van der Waals surface area contributed by atoms with Crippen molar-refractivity contribution in [3.8, 4) is 5.69 Å². The maximum atomic E-state index is 12.8. The zero-order chi connectivity index (χ0) is 14.4. The molecule has 0 bridgehead atoms. The van der Waals surface area contributed by atoms with E-state index in [9.17, 15) is 13.2 Å². The number of halogens is 5. The largest absolute Gasteiger partial charge is 0.435 e. The van der Waals surface area contributed by atoms with Crippen molar-refractivity contribution in [1.82, 2.24) is 9.78 Å². The SMILES string of the molecule is Cc1cc(Br)ccc1-n1nc(C(F)(F)F)c(C)c1Cl. The lowest BCUT2D eigenvalue weighted by Gasteiger charge is -2.07. The molecule has 7 heteroatoms. The molecule has 1 aromatic heterocycles. The summed E-state index contributed by atoms with van der Waals surface area (Å²) in [5, 5.41) is 3.56. The predicted octanol–water partition coefficient (Wildman–Crippen LogP) is 4.92. The number of hydrogen-bond acceptors (Lipinski definition) is 1. The van der Waals surface area contributed by atoms with Gasteiger partial charge in [-0.05, 0) is 37.6 Å². The fourth-order valence-corrected chi connectivity index (χ4v) is 2.45. The number of aromatic nitrogens is 2. The Balaban J connectivity index is 2.64. The third kappa shape index (κ3) is 2.65. The molecule has 0 fully saturated rings. The molecule has 0 saturated heterocycles. The molecule has 0 radical (unpaired) electrons. The average molecular weight is 354 g/mol. The molecular weight excluding hydrogens is 344 g/mol. The normalized spacial score (nSPS) is 11.9. The van der Waals surface area contributed by atoms with E-state index in [1.807, 2.05) is 0 Å². The molecule has 1 aromatic carbocycles. The Kier molecular flexibility index (Phi) is 3.66. The Labute approximate surface area is 121 Å². The van der Waals surface area contributed by atoms with Gasteiger partial charge in [-0.15, -0.1) is 0 Å². The van der Waals surface area contributed by atoms with Crippen LogP contribution in [0, 0.1) is 13.8 Å². The third-order valence-corrected chi connectivity index (χ3v) is 3.64. The van der Waals surface area contributed by atoms with Gasteiger partial charge in [-0.25, -0.2) is 4.68 Å². The zero-order valence-corrected chi connectivity index (χ0v) is 12.4. The molecule has 0 N–H and O–H groups in total. The van der Waals surface area contributed by atoms with Gasteiger partial charge in [-0.1, -0.05) is 27.5 Å². The van der Waals surface area contributed by atoms with Gasteiger partial charge in [-0.3, -0.25) is 0 Å². The zero-order valence-electron chi connectivity index (χ0n) is 10.0. The minimum Gasteiger partial charge on any atom is -0.221 e. The molecule has 0 aliphatic heterocycles. The second-order valence-electron chi connectivity index (χ2n) is 4.10. The van der Waals surface area contributed by atoms with Crippen molar-refractivity contribution >= 4 is 27.5 Å². The molecule has 0 saturated carbocycles. The van der Waals surface area contributed by atoms with E-state index < -0.39 is 11.9 Å². The van der Waals surface area contributed by atoms with Gasteiger partial charge in [0.25, 0.3) is 0 Å². The summed E-state index contributed by atoms with van der Waals surface area (Å²) in [5.41, 5.74) is 0.260. The molecule has 0 aliphatic rings. The highest BCUT2D eigenvalue weighted by atomic mass is 79.9. The number of alkyl halides is 3. The van der Waals surface area contributed by atoms with E-state index in [0.717, 1.165) is 14.7 Å². The summed E-state index contributed by atoms with van der Waals surface area (Å²) in [5.74, 6) is 0. The minimum atomic E-state index is -4.51. The van der Waals surface area contributed by atoms with Crippen LogP contribution in [0.1, 0.15) is 16.8 Å². The molecule has 0 atom stereocenters. The van der Waals surface area contributed by atoms with Crippen LogP contribution in [0.3, 0.4) is 0 Å². The number of hydrogen-bond donors (Lipinski definition) is 0. The van der Waals surface area contributed by atoms with E-state index in [2.05, 4.69) is 21.0 Å². The Bertz CT molecular complexity index is 635. The first kappa shape index (κ1) is 14.4. The maximum absolute atomic E-state index is 12.8. The molecule has 102 valence electrons. The van der Waals surface area contributed by atoms with Crippen LogP contribution in [0.4, 0.5) is 13.2 Å². The van der Waals surface area contributed by atoms with Crippen molar-refractivity contribution < 1.29 is 13.2 Å². The Hall–Kier alpha value is -1.01. The molecular formula is C12H9BrClF3N2. The lowest BCUT2D eigenvalue weighted by Crippen LogP contribution is -2.09. The minimum absolute atomic E-state index is 0.0299. The van der Waals surface area contributed by atoms with Crippen molar-refractivity contribution in [3.05, 3.63) is 44.6 Å². The Morgan fingerprint density at radius 2 is 1.89 bits per heavy atom. The predicted molar refractivity (Wildman–Crippen MR) is 70.8 cm³/mol. The summed E-state index contributed by atoms with van der Waals surface area (Å²) in [6.07, 6.45) is -4.51. The summed E-state index contributed by atoms with van der Waals surface area (Å²) in [7, 11) is 0. The number of aryl methyl sites for hydroxylation is 1. The molecule has 0 aliphatic carbocycles. The van der Waals surface area contributed by atoms with Gasteiger partial charge in [-0.2, -0.15) is 18.3 Å². The highest BCUT2D eigenvalue weighted by Gasteiger charge is 2.37. The van der Waals surface area contributed by atoms with Crippen LogP contribution in [-0.4, -0.2) is 9.78 Å². The van der Waals surface area contributed by atoms with Crippen LogP contribution < -0.4 is 0 Å².